The third-order valence-electron chi connectivity index (χ3n) is 2.46. The first-order valence-electron chi connectivity index (χ1n) is 5.35. The van der Waals surface area contributed by atoms with Crippen LogP contribution in [-0.4, -0.2) is 6.61 Å². The van der Waals surface area contributed by atoms with Gasteiger partial charge in [0.25, 0.3) is 0 Å². The summed E-state index contributed by atoms with van der Waals surface area (Å²) in [6, 6.07) is 9.32. The van der Waals surface area contributed by atoms with Gasteiger partial charge in [-0.2, -0.15) is 0 Å². The van der Waals surface area contributed by atoms with Crippen LogP contribution in [0.25, 0.3) is 0 Å². The Balaban J connectivity index is 1.97. The van der Waals surface area contributed by atoms with Crippen LogP contribution in [0, 0.1) is 6.92 Å². The van der Waals surface area contributed by atoms with Gasteiger partial charge in [0.05, 0.1) is 6.04 Å². The lowest BCUT2D eigenvalue weighted by Gasteiger charge is -2.13. The standard InChI is InChI=1S/C13H14ClNOS/c1-9-5-6-17-13(9)12(15)8-16-11-4-2-3-10(14)7-11/h2-7,12H,8,15H2,1H3. The van der Waals surface area contributed by atoms with E-state index in [4.69, 9.17) is 22.1 Å². The number of halogens is 1. The maximum atomic E-state index is 6.08. The normalized spacial score (nSPS) is 12.4. The minimum absolute atomic E-state index is 0.0889. The van der Waals surface area contributed by atoms with Crippen molar-refractivity contribution < 1.29 is 4.74 Å². The number of benzene rings is 1. The van der Waals surface area contributed by atoms with Crippen LogP contribution in [0.2, 0.25) is 5.02 Å². The van der Waals surface area contributed by atoms with Crippen molar-refractivity contribution in [3.8, 4) is 5.75 Å². The Morgan fingerprint density at radius 2 is 2.24 bits per heavy atom. The van der Waals surface area contributed by atoms with E-state index in [2.05, 4.69) is 13.0 Å². The molecule has 0 aliphatic heterocycles. The monoisotopic (exact) mass is 267 g/mol. The van der Waals surface area contributed by atoms with E-state index in [1.54, 1.807) is 17.4 Å². The van der Waals surface area contributed by atoms with E-state index in [1.807, 2.05) is 23.6 Å². The van der Waals surface area contributed by atoms with E-state index in [9.17, 15) is 0 Å². The van der Waals surface area contributed by atoms with E-state index >= 15 is 0 Å². The Kier molecular flexibility index (Phi) is 4.05. The van der Waals surface area contributed by atoms with Gasteiger partial charge in [-0.15, -0.1) is 11.3 Å². The molecule has 0 aliphatic rings. The predicted octanol–water partition coefficient (Wildman–Crippen LogP) is 3.79. The fourth-order valence-electron chi connectivity index (χ4n) is 1.58. The van der Waals surface area contributed by atoms with Crippen LogP contribution < -0.4 is 10.5 Å². The molecule has 2 rings (SSSR count). The quantitative estimate of drug-likeness (QED) is 0.915. The molecule has 0 saturated carbocycles. The van der Waals surface area contributed by atoms with Crippen LogP contribution >= 0.6 is 22.9 Å². The first-order chi connectivity index (χ1) is 8.16. The lowest BCUT2D eigenvalue weighted by molar-refractivity contribution is 0.292. The summed E-state index contributed by atoms with van der Waals surface area (Å²) >= 11 is 7.54. The van der Waals surface area contributed by atoms with Crippen LogP contribution in [0.5, 0.6) is 5.75 Å². The fraction of sp³-hybridized carbons (Fsp3) is 0.231. The summed E-state index contributed by atoms with van der Waals surface area (Å²) in [6.07, 6.45) is 0. The maximum absolute atomic E-state index is 6.08. The number of thiophene rings is 1. The van der Waals surface area contributed by atoms with Crippen molar-refractivity contribution in [1.82, 2.24) is 0 Å². The van der Waals surface area contributed by atoms with Gasteiger partial charge < -0.3 is 10.5 Å². The van der Waals surface area contributed by atoms with Crippen molar-refractivity contribution in [2.75, 3.05) is 6.61 Å². The molecule has 2 aromatic rings. The molecular weight excluding hydrogens is 254 g/mol. The minimum atomic E-state index is -0.0889. The Hall–Kier alpha value is -1.03. The van der Waals surface area contributed by atoms with Gasteiger partial charge in [-0.1, -0.05) is 17.7 Å². The zero-order valence-electron chi connectivity index (χ0n) is 9.52. The second-order valence-corrected chi connectivity index (χ2v) is 5.23. The molecule has 1 aromatic heterocycles. The highest BCUT2D eigenvalue weighted by Gasteiger charge is 2.11. The van der Waals surface area contributed by atoms with Gasteiger partial charge in [0, 0.05) is 9.90 Å². The summed E-state index contributed by atoms with van der Waals surface area (Å²) in [4.78, 5) is 1.17. The summed E-state index contributed by atoms with van der Waals surface area (Å²) in [7, 11) is 0. The summed E-state index contributed by atoms with van der Waals surface area (Å²) < 4.78 is 5.62. The molecule has 1 unspecified atom stereocenters. The largest absolute Gasteiger partial charge is 0.492 e. The molecule has 0 bridgehead atoms. The van der Waals surface area contributed by atoms with E-state index in [0.29, 0.717) is 11.6 Å². The summed E-state index contributed by atoms with van der Waals surface area (Å²) in [6.45, 7) is 2.52. The Bertz CT molecular complexity index is 498. The summed E-state index contributed by atoms with van der Waals surface area (Å²) in [5.41, 5.74) is 7.30. The molecule has 0 radical (unpaired) electrons. The number of nitrogens with two attached hydrogens (primary N) is 1. The zero-order valence-corrected chi connectivity index (χ0v) is 11.1. The third-order valence-corrected chi connectivity index (χ3v) is 3.85. The van der Waals surface area contributed by atoms with Gasteiger partial charge in [0.1, 0.15) is 12.4 Å². The van der Waals surface area contributed by atoms with Crippen molar-refractivity contribution in [2.24, 2.45) is 5.73 Å². The highest BCUT2D eigenvalue weighted by molar-refractivity contribution is 7.10. The fourth-order valence-corrected chi connectivity index (χ4v) is 2.68. The molecule has 2 nitrogen and oxygen atoms in total. The Morgan fingerprint density at radius 1 is 1.41 bits per heavy atom. The number of rotatable bonds is 4. The first-order valence-corrected chi connectivity index (χ1v) is 6.60. The average Bonchev–Trinajstić information content (AvgIpc) is 2.72. The topological polar surface area (TPSA) is 35.2 Å². The van der Waals surface area contributed by atoms with Gasteiger partial charge in [-0.25, -0.2) is 0 Å². The smallest absolute Gasteiger partial charge is 0.120 e. The van der Waals surface area contributed by atoms with Crippen LogP contribution in [0.3, 0.4) is 0 Å². The Labute approximate surface area is 110 Å². The zero-order chi connectivity index (χ0) is 12.3. The van der Waals surface area contributed by atoms with E-state index in [1.165, 1.54) is 10.4 Å². The number of aryl methyl sites for hydroxylation is 1. The van der Waals surface area contributed by atoms with Crippen LogP contribution in [-0.2, 0) is 0 Å². The van der Waals surface area contributed by atoms with Crippen molar-refractivity contribution in [3.05, 3.63) is 51.2 Å². The number of ether oxygens (including phenoxy) is 1. The lowest BCUT2D eigenvalue weighted by Crippen LogP contribution is -2.18. The number of hydrogen-bond donors (Lipinski definition) is 1. The van der Waals surface area contributed by atoms with Crippen molar-refractivity contribution in [3.63, 3.8) is 0 Å². The average molecular weight is 268 g/mol. The van der Waals surface area contributed by atoms with Gasteiger partial charge in [0.2, 0.25) is 0 Å². The molecule has 17 heavy (non-hydrogen) atoms. The van der Waals surface area contributed by atoms with Crippen LogP contribution in [0.1, 0.15) is 16.5 Å². The highest BCUT2D eigenvalue weighted by Crippen LogP contribution is 2.24. The first kappa shape index (κ1) is 12.4. The molecule has 0 saturated heterocycles. The molecule has 90 valence electrons. The van der Waals surface area contributed by atoms with Gasteiger partial charge >= 0.3 is 0 Å². The van der Waals surface area contributed by atoms with E-state index < -0.39 is 0 Å². The molecule has 1 heterocycles. The van der Waals surface area contributed by atoms with E-state index in [-0.39, 0.29) is 6.04 Å². The second kappa shape index (κ2) is 5.54. The second-order valence-electron chi connectivity index (χ2n) is 3.84. The minimum Gasteiger partial charge on any atom is -0.492 e. The van der Waals surface area contributed by atoms with Gasteiger partial charge in [0.15, 0.2) is 0 Å². The number of hydrogen-bond acceptors (Lipinski definition) is 3. The molecule has 0 fully saturated rings. The molecule has 0 aliphatic carbocycles. The maximum Gasteiger partial charge on any atom is 0.120 e. The van der Waals surface area contributed by atoms with Crippen molar-refractivity contribution in [1.29, 1.82) is 0 Å². The third kappa shape index (κ3) is 3.22. The molecule has 1 atom stereocenters. The molecule has 0 amide bonds. The van der Waals surface area contributed by atoms with Crippen LogP contribution in [0.15, 0.2) is 35.7 Å². The molecule has 1 aromatic carbocycles. The van der Waals surface area contributed by atoms with Crippen molar-refractivity contribution in [2.45, 2.75) is 13.0 Å². The van der Waals surface area contributed by atoms with Gasteiger partial charge in [-0.05, 0) is 42.1 Å². The van der Waals surface area contributed by atoms with Gasteiger partial charge in [-0.3, -0.25) is 0 Å². The highest BCUT2D eigenvalue weighted by atomic mass is 35.5. The summed E-state index contributed by atoms with van der Waals surface area (Å²) in [5, 5.41) is 2.72. The SMILES string of the molecule is Cc1ccsc1C(N)COc1cccc(Cl)c1. The molecular formula is C13H14ClNOS. The van der Waals surface area contributed by atoms with Crippen LogP contribution in [0.4, 0.5) is 0 Å². The predicted molar refractivity (Wildman–Crippen MR) is 72.9 cm³/mol. The van der Waals surface area contributed by atoms with E-state index in [0.717, 1.165) is 5.75 Å². The summed E-state index contributed by atoms with van der Waals surface area (Å²) in [5.74, 6) is 0.752. The molecule has 2 N–H and O–H groups in total. The molecule has 4 heteroatoms. The lowest BCUT2D eigenvalue weighted by atomic mass is 10.2. The molecule has 0 spiro atoms. The Morgan fingerprint density at radius 3 is 2.88 bits per heavy atom. The van der Waals surface area contributed by atoms with Crippen molar-refractivity contribution >= 4 is 22.9 Å².